The summed E-state index contributed by atoms with van der Waals surface area (Å²) in [6.07, 6.45) is 1.70. The Balaban J connectivity index is 1.92. The second-order valence-corrected chi connectivity index (χ2v) is 4.98. The molecule has 2 aromatic rings. The number of aromatic nitrogens is 1. The molecule has 0 saturated carbocycles. The molecule has 0 fully saturated rings. The Kier molecular flexibility index (Phi) is 4.43. The number of hydrogen-bond donors (Lipinski definition) is 1. The minimum atomic E-state index is -0.413. The number of nitrogens with one attached hydrogen (secondary N) is 1. The van der Waals surface area contributed by atoms with Crippen molar-refractivity contribution < 1.29 is 9.53 Å². The van der Waals surface area contributed by atoms with E-state index < -0.39 is 5.97 Å². The third kappa shape index (κ3) is 3.38. The molecule has 0 saturated heterocycles. The molecule has 0 radical (unpaired) electrons. The largest absolute Gasteiger partial charge is 0.461 e. The molecule has 0 unspecified atom stereocenters. The number of rotatable bonds is 5. The predicted octanol–water partition coefficient (Wildman–Crippen LogP) is 2.83. The standard InChI is InChI=1S/C11H11N3O2S2/c1-2-16-10(15)9-7-18-11(13-9)14-12-6-8-4-3-5-17-8/h3-7H,2H2,1H3,(H,13,14)/b12-6+. The predicted molar refractivity (Wildman–Crippen MR) is 73.6 cm³/mol. The van der Waals surface area contributed by atoms with Gasteiger partial charge in [0.25, 0.3) is 0 Å². The van der Waals surface area contributed by atoms with Gasteiger partial charge in [-0.2, -0.15) is 5.10 Å². The Morgan fingerprint density at radius 3 is 3.22 bits per heavy atom. The minimum absolute atomic E-state index is 0.302. The number of thiophene rings is 1. The van der Waals surface area contributed by atoms with Crippen molar-refractivity contribution in [2.24, 2.45) is 5.10 Å². The van der Waals surface area contributed by atoms with E-state index in [9.17, 15) is 4.79 Å². The van der Waals surface area contributed by atoms with E-state index in [-0.39, 0.29) is 0 Å². The van der Waals surface area contributed by atoms with Crippen LogP contribution < -0.4 is 5.43 Å². The lowest BCUT2D eigenvalue weighted by atomic mass is 10.5. The van der Waals surface area contributed by atoms with E-state index in [1.807, 2.05) is 17.5 Å². The van der Waals surface area contributed by atoms with Crippen LogP contribution in [0.15, 0.2) is 28.0 Å². The van der Waals surface area contributed by atoms with Gasteiger partial charge in [0.1, 0.15) is 0 Å². The molecule has 0 aromatic carbocycles. The summed E-state index contributed by atoms with van der Waals surface area (Å²) in [6.45, 7) is 2.10. The van der Waals surface area contributed by atoms with Crippen molar-refractivity contribution in [1.29, 1.82) is 0 Å². The summed E-state index contributed by atoms with van der Waals surface area (Å²) in [4.78, 5) is 16.5. The van der Waals surface area contributed by atoms with Crippen LogP contribution in [0.4, 0.5) is 5.13 Å². The maximum atomic E-state index is 11.4. The first-order valence-corrected chi connectivity index (χ1v) is 7.00. The molecular formula is C11H11N3O2S2. The van der Waals surface area contributed by atoms with Crippen LogP contribution in [0.25, 0.3) is 0 Å². The van der Waals surface area contributed by atoms with Crippen LogP contribution in [0, 0.1) is 0 Å². The number of esters is 1. The maximum Gasteiger partial charge on any atom is 0.357 e. The second kappa shape index (κ2) is 6.27. The summed E-state index contributed by atoms with van der Waals surface area (Å²) in [6, 6.07) is 3.91. The van der Waals surface area contributed by atoms with Gasteiger partial charge in [-0.25, -0.2) is 9.78 Å². The average molecular weight is 281 g/mol. The van der Waals surface area contributed by atoms with Crippen molar-refractivity contribution in [3.8, 4) is 0 Å². The topological polar surface area (TPSA) is 63.6 Å². The Morgan fingerprint density at radius 2 is 2.50 bits per heavy atom. The molecule has 0 aliphatic rings. The van der Waals surface area contributed by atoms with Crippen molar-refractivity contribution in [2.75, 3.05) is 12.0 Å². The fraction of sp³-hybridized carbons (Fsp3) is 0.182. The number of ether oxygens (including phenoxy) is 1. The highest BCUT2D eigenvalue weighted by Crippen LogP contribution is 2.16. The Bertz CT molecular complexity index is 534. The molecule has 0 spiro atoms. The van der Waals surface area contributed by atoms with Crippen molar-refractivity contribution in [2.45, 2.75) is 6.92 Å². The quantitative estimate of drug-likeness (QED) is 0.520. The SMILES string of the molecule is CCOC(=O)c1csc(N/N=C/c2cccs2)n1. The normalized spacial score (nSPS) is 10.7. The van der Waals surface area contributed by atoms with Gasteiger partial charge in [-0.15, -0.1) is 22.7 Å². The highest BCUT2D eigenvalue weighted by molar-refractivity contribution is 7.14. The van der Waals surface area contributed by atoms with Gasteiger partial charge in [0, 0.05) is 10.3 Å². The molecule has 0 atom stereocenters. The highest BCUT2D eigenvalue weighted by atomic mass is 32.1. The Morgan fingerprint density at radius 1 is 1.61 bits per heavy atom. The lowest BCUT2D eigenvalue weighted by molar-refractivity contribution is 0.0520. The summed E-state index contributed by atoms with van der Waals surface area (Å²) in [7, 11) is 0. The van der Waals surface area contributed by atoms with Gasteiger partial charge < -0.3 is 4.74 Å². The summed E-state index contributed by atoms with van der Waals surface area (Å²) in [5.41, 5.74) is 3.08. The molecule has 2 rings (SSSR count). The summed E-state index contributed by atoms with van der Waals surface area (Å²) < 4.78 is 4.85. The molecule has 0 bridgehead atoms. The van der Waals surface area contributed by atoms with Crippen LogP contribution in [-0.2, 0) is 4.74 Å². The van der Waals surface area contributed by atoms with Crippen LogP contribution in [0.1, 0.15) is 22.3 Å². The maximum absolute atomic E-state index is 11.4. The van der Waals surface area contributed by atoms with Crippen molar-refractivity contribution >= 4 is 40.0 Å². The second-order valence-electron chi connectivity index (χ2n) is 3.14. The monoisotopic (exact) mass is 281 g/mol. The van der Waals surface area contributed by atoms with Crippen molar-refractivity contribution in [1.82, 2.24) is 4.98 Å². The molecule has 5 nitrogen and oxygen atoms in total. The number of carbonyl (C=O) groups is 1. The van der Waals surface area contributed by atoms with Crippen LogP contribution in [0.3, 0.4) is 0 Å². The molecule has 2 heterocycles. The fourth-order valence-electron chi connectivity index (χ4n) is 1.14. The van der Waals surface area contributed by atoms with Gasteiger partial charge in [-0.05, 0) is 18.4 Å². The van der Waals surface area contributed by atoms with E-state index in [0.717, 1.165) is 4.88 Å². The molecular weight excluding hydrogens is 270 g/mol. The van der Waals surface area contributed by atoms with E-state index in [4.69, 9.17) is 4.74 Å². The molecule has 2 aromatic heterocycles. The van der Waals surface area contributed by atoms with Crippen LogP contribution in [-0.4, -0.2) is 23.8 Å². The van der Waals surface area contributed by atoms with Crippen molar-refractivity contribution in [3.63, 3.8) is 0 Å². The summed E-state index contributed by atoms with van der Waals surface area (Å²) in [5, 5.41) is 8.21. The van der Waals surface area contributed by atoms with Gasteiger partial charge in [-0.1, -0.05) is 6.07 Å². The van der Waals surface area contributed by atoms with Gasteiger partial charge in [0.2, 0.25) is 5.13 Å². The van der Waals surface area contributed by atoms with Gasteiger partial charge in [-0.3, -0.25) is 5.43 Å². The van der Waals surface area contributed by atoms with Gasteiger partial charge in [0.15, 0.2) is 5.69 Å². The van der Waals surface area contributed by atoms with Crippen molar-refractivity contribution in [3.05, 3.63) is 33.5 Å². The highest BCUT2D eigenvalue weighted by Gasteiger charge is 2.10. The van der Waals surface area contributed by atoms with E-state index >= 15 is 0 Å². The average Bonchev–Trinajstić information content (AvgIpc) is 3.00. The third-order valence-electron chi connectivity index (χ3n) is 1.88. The zero-order valence-corrected chi connectivity index (χ0v) is 11.3. The van der Waals surface area contributed by atoms with Gasteiger partial charge >= 0.3 is 5.97 Å². The number of thiazole rings is 1. The van der Waals surface area contributed by atoms with Gasteiger partial charge in [0.05, 0.1) is 12.8 Å². The zero-order chi connectivity index (χ0) is 12.8. The third-order valence-corrected chi connectivity index (χ3v) is 3.44. The zero-order valence-electron chi connectivity index (χ0n) is 9.62. The minimum Gasteiger partial charge on any atom is -0.461 e. The van der Waals surface area contributed by atoms with E-state index in [0.29, 0.717) is 17.4 Å². The van der Waals surface area contributed by atoms with E-state index in [1.165, 1.54) is 11.3 Å². The number of hydrazone groups is 1. The smallest absolute Gasteiger partial charge is 0.357 e. The first kappa shape index (κ1) is 12.7. The molecule has 0 aliphatic carbocycles. The molecule has 18 heavy (non-hydrogen) atoms. The van der Waals surface area contributed by atoms with E-state index in [1.54, 1.807) is 29.9 Å². The van der Waals surface area contributed by atoms with Crippen LogP contribution >= 0.6 is 22.7 Å². The Hall–Kier alpha value is -1.73. The molecule has 7 heteroatoms. The molecule has 94 valence electrons. The Labute approximate surface area is 112 Å². The summed E-state index contributed by atoms with van der Waals surface area (Å²) in [5.74, 6) is -0.413. The first-order valence-electron chi connectivity index (χ1n) is 5.25. The first-order chi connectivity index (χ1) is 8.79. The lowest BCUT2D eigenvalue weighted by Crippen LogP contribution is -2.04. The lowest BCUT2D eigenvalue weighted by Gasteiger charge is -1.96. The van der Waals surface area contributed by atoms with Crippen LogP contribution in [0.5, 0.6) is 0 Å². The molecule has 0 amide bonds. The number of carbonyl (C=O) groups excluding carboxylic acids is 1. The summed E-state index contributed by atoms with van der Waals surface area (Å²) >= 11 is 2.90. The molecule has 0 aliphatic heterocycles. The van der Waals surface area contributed by atoms with Crippen LogP contribution in [0.2, 0.25) is 0 Å². The fourth-order valence-corrected chi connectivity index (χ4v) is 2.35. The number of nitrogens with zero attached hydrogens (tertiary/aromatic N) is 2. The number of anilines is 1. The number of hydrogen-bond acceptors (Lipinski definition) is 7. The van der Waals surface area contributed by atoms with E-state index in [2.05, 4.69) is 15.5 Å². The molecule has 1 N–H and O–H groups in total.